The lowest BCUT2D eigenvalue weighted by Gasteiger charge is -2.34. The first-order chi connectivity index (χ1) is 13.8. The average molecular weight is 402 g/mol. The lowest BCUT2D eigenvalue weighted by molar-refractivity contribution is 0.122. The molecule has 0 unspecified atom stereocenters. The van der Waals surface area contributed by atoms with Crippen molar-refractivity contribution in [3.63, 3.8) is 0 Å². The van der Waals surface area contributed by atoms with Crippen LogP contribution in [0.2, 0.25) is 0 Å². The first-order valence-corrected chi connectivity index (χ1v) is 11.6. The van der Waals surface area contributed by atoms with Gasteiger partial charge in [-0.1, -0.05) is 6.42 Å². The van der Waals surface area contributed by atoms with Crippen molar-refractivity contribution in [3.8, 4) is 6.07 Å². The minimum Gasteiger partial charge on any atom is -0.378 e. The Labute approximate surface area is 172 Å². The van der Waals surface area contributed by atoms with Gasteiger partial charge >= 0.3 is 0 Å². The lowest BCUT2D eigenvalue weighted by atomic mass is 9.96. The van der Waals surface area contributed by atoms with Crippen LogP contribution in [0.25, 0.3) is 0 Å². The zero-order valence-corrected chi connectivity index (χ0v) is 17.8. The highest BCUT2D eigenvalue weighted by Gasteiger charge is 2.27. The number of aromatic nitrogens is 1. The molecule has 1 aromatic rings. The highest BCUT2D eigenvalue weighted by Crippen LogP contribution is 2.35. The minimum absolute atomic E-state index is 0.754. The Morgan fingerprint density at radius 3 is 2.61 bits per heavy atom. The fourth-order valence-corrected chi connectivity index (χ4v) is 5.45. The maximum absolute atomic E-state index is 9.93. The van der Waals surface area contributed by atoms with Gasteiger partial charge in [0.1, 0.15) is 16.9 Å². The molecule has 6 nitrogen and oxygen atoms in total. The topological polar surface area (TPSA) is 55.6 Å². The Morgan fingerprint density at radius 2 is 1.86 bits per heavy atom. The molecule has 4 heterocycles. The molecule has 0 N–H and O–H groups in total. The lowest BCUT2D eigenvalue weighted by Crippen LogP contribution is -2.39. The van der Waals surface area contributed by atoms with Crippen molar-refractivity contribution in [2.45, 2.75) is 37.3 Å². The number of fused-ring (bicyclic) bond motifs is 1. The van der Waals surface area contributed by atoms with E-state index in [1.807, 2.05) is 0 Å². The molecule has 0 saturated carbocycles. The fraction of sp³-hybridized carbons (Fsp3) is 0.714. The summed E-state index contributed by atoms with van der Waals surface area (Å²) in [7, 11) is 2.15. The summed E-state index contributed by atoms with van der Waals surface area (Å²) in [5.74, 6) is 2.09. The van der Waals surface area contributed by atoms with Crippen LogP contribution in [0.4, 0.5) is 5.82 Å². The molecule has 2 saturated heterocycles. The number of morpholine rings is 1. The number of hydrogen-bond donors (Lipinski definition) is 0. The largest absolute Gasteiger partial charge is 0.378 e. The summed E-state index contributed by atoms with van der Waals surface area (Å²) in [5.41, 5.74) is 3.31. The van der Waals surface area contributed by atoms with E-state index in [1.54, 1.807) is 11.8 Å². The first kappa shape index (κ1) is 20.0. The second-order valence-corrected chi connectivity index (χ2v) is 9.11. The van der Waals surface area contributed by atoms with Gasteiger partial charge in [0.15, 0.2) is 0 Å². The van der Waals surface area contributed by atoms with Gasteiger partial charge in [0.25, 0.3) is 0 Å². The SMILES string of the molecule is CN1CCc2c(C#N)c(SCCN3CCCCC3)nc(N3CCOCC3)c2C1. The highest BCUT2D eigenvalue weighted by molar-refractivity contribution is 7.99. The number of nitrogens with zero attached hydrogens (tertiary/aromatic N) is 5. The van der Waals surface area contributed by atoms with Crippen molar-refractivity contribution in [2.75, 3.05) is 70.2 Å². The van der Waals surface area contributed by atoms with E-state index in [0.717, 1.165) is 74.5 Å². The zero-order chi connectivity index (χ0) is 19.3. The van der Waals surface area contributed by atoms with Crippen LogP contribution in [-0.4, -0.2) is 80.1 Å². The molecule has 0 bridgehead atoms. The van der Waals surface area contributed by atoms with Gasteiger partial charge < -0.3 is 19.4 Å². The number of piperidine rings is 1. The first-order valence-electron chi connectivity index (χ1n) is 10.6. The molecule has 0 spiro atoms. The molecule has 1 aromatic heterocycles. The third-order valence-electron chi connectivity index (χ3n) is 6.05. The monoisotopic (exact) mass is 401 g/mol. The molecule has 4 rings (SSSR count). The summed E-state index contributed by atoms with van der Waals surface area (Å²) in [6, 6.07) is 2.50. The summed E-state index contributed by atoms with van der Waals surface area (Å²) in [6.45, 7) is 8.68. The van der Waals surface area contributed by atoms with Gasteiger partial charge in [-0.2, -0.15) is 5.26 Å². The highest BCUT2D eigenvalue weighted by atomic mass is 32.2. The van der Waals surface area contributed by atoms with E-state index in [9.17, 15) is 5.26 Å². The van der Waals surface area contributed by atoms with E-state index in [4.69, 9.17) is 9.72 Å². The Hall–Kier alpha value is -1.33. The fourth-order valence-electron chi connectivity index (χ4n) is 4.44. The molecular formula is C21H31N5OS. The van der Waals surface area contributed by atoms with Gasteiger partial charge in [-0.15, -0.1) is 11.8 Å². The van der Waals surface area contributed by atoms with Crippen molar-refractivity contribution in [2.24, 2.45) is 0 Å². The van der Waals surface area contributed by atoms with Gasteiger partial charge in [0, 0.05) is 44.0 Å². The average Bonchev–Trinajstić information content (AvgIpc) is 2.74. The van der Waals surface area contributed by atoms with Gasteiger partial charge in [0.2, 0.25) is 0 Å². The predicted octanol–water partition coefficient (Wildman–Crippen LogP) is 2.36. The van der Waals surface area contributed by atoms with Crippen LogP contribution in [0.15, 0.2) is 5.03 Å². The Morgan fingerprint density at radius 1 is 1.07 bits per heavy atom. The van der Waals surface area contributed by atoms with E-state index in [0.29, 0.717) is 0 Å². The molecule has 0 aliphatic carbocycles. The van der Waals surface area contributed by atoms with Crippen LogP contribution in [0.5, 0.6) is 0 Å². The summed E-state index contributed by atoms with van der Waals surface area (Å²) >= 11 is 1.77. The summed E-state index contributed by atoms with van der Waals surface area (Å²) in [6.07, 6.45) is 4.94. The molecule has 3 aliphatic heterocycles. The zero-order valence-electron chi connectivity index (χ0n) is 17.0. The Bertz CT molecular complexity index is 722. The minimum atomic E-state index is 0.754. The summed E-state index contributed by atoms with van der Waals surface area (Å²) in [5, 5.41) is 10.9. The number of ether oxygens (including phenoxy) is 1. The predicted molar refractivity (Wildman–Crippen MR) is 113 cm³/mol. The van der Waals surface area contributed by atoms with E-state index in [2.05, 4.69) is 27.8 Å². The van der Waals surface area contributed by atoms with Crippen molar-refractivity contribution >= 4 is 17.6 Å². The number of rotatable bonds is 5. The smallest absolute Gasteiger partial charge is 0.134 e. The summed E-state index contributed by atoms with van der Waals surface area (Å²) in [4.78, 5) is 12.3. The third kappa shape index (κ3) is 4.46. The number of thioether (sulfide) groups is 1. The van der Waals surface area contributed by atoms with Gasteiger partial charge in [0.05, 0.1) is 18.8 Å². The number of likely N-dealkylation sites (tertiary alicyclic amines) is 1. The number of likely N-dealkylation sites (N-methyl/N-ethyl adjacent to an activating group) is 1. The van der Waals surface area contributed by atoms with Crippen LogP contribution in [0, 0.1) is 11.3 Å². The van der Waals surface area contributed by atoms with E-state index in [1.165, 1.54) is 43.5 Å². The van der Waals surface area contributed by atoms with Crippen molar-refractivity contribution in [1.82, 2.24) is 14.8 Å². The Balaban J connectivity index is 1.58. The van der Waals surface area contributed by atoms with Crippen molar-refractivity contribution in [3.05, 3.63) is 16.7 Å². The van der Waals surface area contributed by atoms with Crippen LogP contribution >= 0.6 is 11.8 Å². The number of pyridine rings is 1. The maximum Gasteiger partial charge on any atom is 0.134 e. The van der Waals surface area contributed by atoms with E-state index >= 15 is 0 Å². The molecule has 3 aliphatic rings. The second kappa shape index (κ2) is 9.45. The van der Waals surface area contributed by atoms with Crippen LogP contribution < -0.4 is 4.90 Å². The molecule has 0 aromatic carbocycles. The molecule has 7 heteroatoms. The van der Waals surface area contributed by atoms with Crippen LogP contribution in [0.1, 0.15) is 36.0 Å². The maximum atomic E-state index is 9.93. The number of nitriles is 1. The standard InChI is InChI=1S/C21H31N5OS/c1-24-8-5-17-18(15-22)21(28-14-11-25-6-3-2-4-7-25)23-20(19(17)16-24)26-9-12-27-13-10-26/h2-14,16H2,1H3. The van der Waals surface area contributed by atoms with Crippen LogP contribution in [-0.2, 0) is 17.7 Å². The molecule has 2 fully saturated rings. The second-order valence-electron chi connectivity index (χ2n) is 8.02. The molecular weight excluding hydrogens is 370 g/mol. The van der Waals surface area contributed by atoms with Crippen molar-refractivity contribution < 1.29 is 4.74 Å². The number of anilines is 1. The molecule has 152 valence electrons. The van der Waals surface area contributed by atoms with Crippen LogP contribution in [0.3, 0.4) is 0 Å². The van der Waals surface area contributed by atoms with E-state index in [-0.39, 0.29) is 0 Å². The number of hydrogen-bond acceptors (Lipinski definition) is 7. The molecule has 0 atom stereocenters. The molecule has 0 radical (unpaired) electrons. The van der Waals surface area contributed by atoms with Gasteiger partial charge in [-0.25, -0.2) is 4.98 Å². The summed E-state index contributed by atoms with van der Waals surface area (Å²) < 4.78 is 5.55. The quantitative estimate of drug-likeness (QED) is 0.702. The molecule has 28 heavy (non-hydrogen) atoms. The molecule has 0 amide bonds. The normalized spacial score (nSPS) is 21.4. The van der Waals surface area contributed by atoms with Crippen molar-refractivity contribution in [1.29, 1.82) is 5.26 Å². The van der Waals surface area contributed by atoms with Gasteiger partial charge in [-0.05, 0) is 45.0 Å². The van der Waals surface area contributed by atoms with E-state index < -0.39 is 0 Å². The Kier molecular flexibility index (Phi) is 6.73. The third-order valence-corrected chi connectivity index (χ3v) is 7.00. The van der Waals surface area contributed by atoms with Gasteiger partial charge in [-0.3, -0.25) is 0 Å².